The van der Waals surface area contributed by atoms with Crippen molar-refractivity contribution in [2.75, 3.05) is 23.7 Å². The van der Waals surface area contributed by atoms with Gasteiger partial charge in [0.05, 0.1) is 0 Å². The van der Waals surface area contributed by atoms with Crippen LogP contribution in [0.3, 0.4) is 0 Å². The number of hydrogen-bond donors (Lipinski definition) is 1. The molecule has 1 aromatic rings. The Bertz CT molecular complexity index is 408. The average Bonchev–Trinajstić information content (AvgIpc) is 2.39. The van der Waals surface area contributed by atoms with Gasteiger partial charge in [0.15, 0.2) is 0 Å². The third-order valence-electron chi connectivity index (χ3n) is 4.43. The van der Waals surface area contributed by atoms with Crippen LogP contribution in [0.15, 0.2) is 6.33 Å². The molecule has 1 aliphatic rings. The first-order valence-electron chi connectivity index (χ1n) is 6.94. The van der Waals surface area contributed by atoms with Crippen LogP contribution in [-0.2, 0) is 6.42 Å². The largest absolute Gasteiger partial charge is 0.383 e. The summed E-state index contributed by atoms with van der Waals surface area (Å²) in [6.07, 6.45) is 6.20. The monoisotopic (exact) mass is 248 g/mol. The van der Waals surface area contributed by atoms with E-state index in [-0.39, 0.29) is 0 Å². The summed E-state index contributed by atoms with van der Waals surface area (Å²) in [6, 6.07) is 0. The van der Waals surface area contributed by atoms with Gasteiger partial charge in [-0.1, -0.05) is 27.2 Å². The van der Waals surface area contributed by atoms with Gasteiger partial charge in [0.2, 0.25) is 0 Å². The molecule has 0 saturated carbocycles. The van der Waals surface area contributed by atoms with Crippen molar-refractivity contribution in [3.05, 3.63) is 11.9 Å². The van der Waals surface area contributed by atoms with Gasteiger partial charge in [0.25, 0.3) is 0 Å². The van der Waals surface area contributed by atoms with Crippen molar-refractivity contribution >= 4 is 11.6 Å². The van der Waals surface area contributed by atoms with Crippen LogP contribution in [0.5, 0.6) is 0 Å². The van der Waals surface area contributed by atoms with E-state index in [9.17, 15) is 0 Å². The molecule has 1 aliphatic heterocycles. The lowest BCUT2D eigenvalue weighted by atomic mass is 9.78. The fourth-order valence-corrected chi connectivity index (χ4v) is 2.64. The van der Waals surface area contributed by atoms with Gasteiger partial charge in [0.1, 0.15) is 18.0 Å². The Morgan fingerprint density at radius 2 is 1.94 bits per heavy atom. The zero-order valence-electron chi connectivity index (χ0n) is 11.7. The molecule has 0 unspecified atom stereocenters. The molecule has 1 aromatic heterocycles. The van der Waals surface area contributed by atoms with E-state index >= 15 is 0 Å². The third kappa shape index (κ3) is 2.42. The summed E-state index contributed by atoms with van der Waals surface area (Å²) in [5.41, 5.74) is 7.54. The molecule has 0 aliphatic carbocycles. The average molecular weight is 248 g/mol. The molecule has 0 spiro atoms. The fourth-order valence-electron chi connectivity index (χ4n) is 2.64. The van der Waals surface area contributed by atoms with Crippen molar-refractivity contribution in [2.45, 2.75) is 46.5 Å². The Morgan fingerprint density at radius 1 is 1.28 bits per heavy atom. The fraction of sp³-hybridized carbons (Fsp3) is 0.714. The van der Waals surface area contributed by atoms with Crippen LogP contribution in [-0.4, -0.2) is 23.1 Å². The first kappa shape index (κ1) is 13.1. The molecule has 2 N–H and O–H groups in total. The summed E-state index contributed by atoms with van der Waals surface area (Å²) in [5.74, 6) is 1.68. The molecule has 4 heteroatoms. The SMILES string of the molecule is CCc1c(N)ncnc1N1CCC(C)(CC)CC1. The topological polar surface area (TPSA) is 55.0 Å². The van der Waals surface area contributed by atoms with Gasteiger partial charge in [-0.25, -0.2) is 9.97 Å². The summed E-state index contributed by atoms with van der Waals surface area (Å²) in [6.45, 7) is 8.94. The van der Waals surface area contributed by atoms with E-state index in [1.54, 1.807) is 6.33 Å². The molecule has 4 nitrogen and oxygen atoms in total. The molecule has 0 amide bonds. The molecule has 0 radical (unpaired) electrons. The minimum atomic E-state index is 0.501. The molecule has 0 bridgehead atoms. The lowest BCUT2D eigenvalue weighted by molar-refractivity contribution is 0.237. The zero-order valence-corrected chi connectivity index (χ0v) is 11.7. The van der Waals surface area contributed by atoms with E-state index in [0.29, 0.717) is 11.2 Å². The minimum Gasteiger partial charge on any atom is -0.383 e. The van der Waals surface area contributed by atoms with Crippen molar-refractivity contribution in [1.29, 1.82) is 0 Å². The summed E-state index contributed by atoms with van der Waals surface area (Å²) < 4.78 is 0. The number of anilines is 2. The first-order chi connectivity index (χ1) is 8.59. The van der Waals surface area contributed by atoms with Crippen molar-refractivity contribution in [3.8, 4) is 0 Å². The molecule has 2 heterocycles. The molecule has 1 saturated heterocycles. The van der Waals surface area contributed by atoms with Crippen molar-refractivity contribution in [3.63, 3.8) is 0 Å². The maximum atomic E-state index is 5.94. The molecule has 1 fully saturated rings. The van der Waals surface area contributed by atoms with Crippen LogP contribution < -0.4 is 10.6 Å². The first-order valence-corrected chi connectivity index (χ1v) is 6.94. The standard InChI is InChI=1S/C14H24N4/c1-4-11-12(15)16-10-17-13(11)18-8-6-14(3,5-2)7-9-18/h10H,4-9H2,1-3H3,(H2,15,16,17). The van der Waals surface area contributed by atoms with E-state index in [1.807, 2.05) is 0 Å². The van der Waals surface area contributed by atoms with E-state index < -0.39 is 0 Å². The quantitative estimate of drug-likeness (QED) is 0.893. The van der Waals surface area contributed by atoms with Crippen molar-refractivity contribution in [1.82, 2.24) is 9.97 Å². The molecule has 0 atom stereocenters. The second kappa shape index (κ2) is 5.12. The van der Waals surface area contributed by atoms with Crippen LogP contribution in [0.1, 0.15) is 45.6 Å². The van der Waals surface area contributed by atoms with Gasteiger partial charge in [-0.05, 0) is 24.7 Å². The molecule has 0 aromatic carbocycles. The highest BCUT2D eigenvalue weighted by atomic mass is 15.2. The lowest BCUT2D eigenvalue weighted by Crippen LogP contribution is -2.39. The molecular weight excluding hydrogens is 224 g/mol. The number of piperidine rings is 1. The Balaban J connectivity index is 2.17. The number of nitrogens with two attached hydrogens (primary N) is 1. The smallest absolute Gasteiger partial charge is 0.137 e. The van der Waals surface area contributed by atoms with Crippen LogP contribution in [0.2, 0.25) is 0 Å². The van der Waals surface area contributed by atoms with Crippen LogP contribution in [0, 0.1) is 5.41 Å². The highest BCUT2D eigenvalue weighted by molar-refractivity contribution is 5.56. The second-order valence-corrected chi connectivity index (χ2v) is 5.57. The van der Waals surface area contributed by atoms with E-state index in [0.717, 1.165) is 30.9 Å². The summed E-state index contributed by atoms with van der Waals surface area (Å²) in [7, 11) is 0. The molecular formula is C14H24N4. The molecule has 18 heavy (non-hydrogen) atoms. The van der Waals surface area contributed by atoms with Crippen molar-refractivity contribution in [2.24, 2.45) is 5.41 Å². The second-order valence-electron chi connectivity index (χ2n) is 5.57. The molecule has 2 rings (SSSR count). The van der Waals surface area contributed by atoms with Gasteiger partial charge < -0.3 is 10.6 Å². The van der Waals surface area contributed by atoms with E-state index in [2.05, 4.69) is 35.6 Å². The molecule has 100 valence electrons. The lowest BCUT2D eigenvalue weighted by Gasteiger charge is -2.40. The highest BCUT2D eigenvalue weighted by Gasteiger charge is 2.29. The normalized spacial score (nSPS) is 18.9. The number of rotatable bonds is 3. The van der Waals surface area contributed by atoms with Gasteiger partial charge in [0, 0.05) is 18.7 Å². The van der Waals surface area contributed by atoms with Gasteiger partial charge >= 0.3 is 0 Å². The summed E-state index contributed by atoms with van der Waals surface area (Å²) >= 11 is 0. The van der Waals surface area contributed by atoms with Crippen LogP contribution in [0.25, 0.3) is 0 Å². The van der Waals surface area contributed by atoms with E-state index in [4.69, 9.17) is 5.73 Å². The van der Waals surface area contributed by atoms with Crippen LogP contribution in [0.4, 0.5) is 11.6 Å². The maximum Gasteiger partial charge on any atom is 0.137 e. The zero-order chi connectivity index (χ0) is 13.2. The number of nitrogens with zero attached hydrogens (tertiary/aromatic N) is 3. The Hall–Kier alpha value is -1.32. The number of hydrogen-bond acceptors (Lipinski definition) is 4. The predicted molar refractivity (Wildman–Crippen MR) is 75.7 cm³/mol. The highest BCUT2D eigenvalue weighted by Crippen LogP contribution is 2.36. The number of aromatic nitrogens is 2. The predicted octanol–water partition coefficient (Wildman–Crippen LogP) is 2.64. The Kier molecular flexibility index (Phi) is 3.73. The van der Waals surface area contributed by atoms with Gasteiger partial charge in [-0.15, -0.1) is 0 Å². The summed E-state index contributed by atoms with van der Waals surface area (Å²) in [4.78, 5) is 10.9. The van der Waals surface area contributed by atoms with Gasteiger partial charge in [-0.2, -0.15) is 0 Å². The summed E-state index contributed by atoms with van der Waals surface area (Å²) in [5, 5.41) is 0. The third-order valence-corrected chi connectivity index (χ3v) is 4.43. The van der Waals surface area contributed by atoms with Gasteiger partial charge in [-0.3, -0.25) is 0 Å². The minimum absolute atomic E-state index is 0.501. The Labute approximate surface area is 110 Å². The Morgan fingerprint density at radius 3 is 2.50 bits per heavy atom. The van der Waals surface area contributed by atoms with Crippen LogP contribution >= 0.6 is 0 Å². The van der Waals surface area contributed by atoms with E-state index in [1.165, 1.54) is 19.3 Å². The number of nitrogen functional groups attached to an aromatic ring is 1. The maximum absolute atomic E-state index is 5.94. The van der Waals surface area contributed by atoms with Crippen molar-refractivity contribution < 1.29 is 0 Å².